The standard InChI is InChI=1S/C52H86O2S/c1-4-7-9-11-13-15-17-19-21-23-25-27-29-31-36-43-53-50-45-47(41-42-52(55)48-39-34-33-35-40-48)46-51(49(50)38-6-3)54-44-37-32-30-28-26-24-22-20-18-16-14-12-10-8-5-2/h33-35,39-42,45-46H,4-32,36-38,43-44H2,1-3H3. The lowest BCUT2D eigenvalue weighted by Crippen LogP contribution is -2.05. The second-order valence-electron chi connectivity index (χ2n) is 16.4. The largest absolute Gasteiger partial charge is 0.493 e. The first-order valence-corrected chi connectivity index (χ1v) is 24.3. The van der Waals surface area contributed by atoms with E-state index in [1.807, 2.05) is 18.2 Å². The minimum absolute atomic E-state index is 0.767. The van der Waals surface area contributed by atoms with Gasteiger partial charge in [-0.3, -0.25) is 0 Å². The summed E-state index contributed by atoms with van der Waals surface area (Å²) in [6.07, 6.45) is 47.5. The molecule has 55 heavy (non-hydrogen) atoms. The summed E-state index contributed by atoms with van der Waals surface area (Å²) >= 11 is 5.76. The first-order valence-electron chi connectivity index (χ1n) is 23.9. The van der Waals surface area contributed by atoms with E-state index < -0.39 is 0 Å². The molecule has 3 heteroatoms. The zero-order valence-electron chi connectivity index (χ0n) is 36.5. The summed E-state index contributed by atoms with van der Waals surface area (Å²) < 4.78 is 13.1. The zero-order valence-corrected chi connectivity index (χ0v) is 37.3. The van der Waals surface area contributed by atoms with Crippen LogP contribution in [0.1, 0.15) is 237 Å². The van der Waals surface area contributed by atoms with Crippen LogP contribution < -0.4 is 9.47 Å². The monoisotopic (exact) mass is 775 g/mol. The third kappa shape index (κ3) is 26.4. The van der Waals surface area contributed by atoms with Crippen LogP contribution in [0.3, 0.4) is 0 Å². The molecule has 2 rings (SSSR count). The summed E-state index contributed by atoms with van der Waals surface area (Å²) in [4.78, 5) is 0.846. The van der Waals surface area contributed by atoms with Gasteiger partial charge >= 0.3 is 0 Å². The van der Waals surface area contributed by atoms with Crippen LogP contribution >= 0.6 is 12.2 Å². The van der Waals surface area contributed by atoms with Crippen molar-refractivity contribution in [1.82, 2.24) is 0 Å². The van der Waals surface area contributed by atoms with Crippen LogP contribution in [0.4, 0.5) is 0 Å². The van der Waals surface area contributed by atoms with Gasteiger partial charge in [-0.15, -0.1) is 0 Å². The molecule has 0 unspecified atom stereocenters. The quantitative estimate of drug-likeness (QED) is 0.0292. The van der Waals surface area contributed by atoms with E-state index in [-0.39, 0.29) is 0 Å². The fraction of sp³-hybridized carbons (Fsp3) is 0.712. The molecule has 0 aliphatic heterocycles. The van der Waals surface area contributed by atoms with E-state index in [1.54, 1.807) is 0 Å². The lowest BCUT2D eigenvalue weighted by Gasteiger charge is -2.18. The van der Waals surface area contributed by atoms with Crippen molar-refractivity contribution < 1.29 is 9.47 Å². The summed E-state index contributed by atoms with van der Waals surface area (Å²) in [5, 5.41) is 0. The van der Waals surface area contributed by atoms with Crippen LogP contribution in [0.25, 0.3) is 6.08 Å². The van der Waals surface area contributed by atoms with Crippen molar-refractivity contribution in [1.29, 1.82) is 0 Å². The van der Waals surface area contributed by atoms with Crippen molar-refractivity contribution in [2.24, 2.45) is 0 Å². The van der Waals surface area contributed by atoms with Crippen molar-refractivity contribution in [3.63, 3.8) is 0 Å². The fourth-order valence-electron chi connectivity index (χ4n) is 7.67. The highest BCUT2D eigenvalue weighted by atomic mass is 32.1. The van der Waals surface area contributed by atoms with Gasteiger partial charge in [0.05, 0.1) is 13.2 Å². The Hall–Kier alpha value is -2.13. The Morgan fingerprint density at radius 3 is 1.15 bits per heavy atom. The van der Waals surface area contributed by atoms with Gasteiger partial charge in [0, 0.05) is 10.4 Å². The second-order valence-corrected chi connectivity index (χ2v) is 16.8. The Kier molecular flexibility index (Phi) is 32.3. The molecule has 0 bridgehead atoms. The highest BCUT2D eigenvalue weighted by molar-refractivity contribution is 7.81. The maximum atomic E-state index is 6.56. The third-order valence-corrected chi connectivity index (χ3v) is 11.6. The van der Waals surface area contributed by atoms with Crippen LogP contribution in [0.2, 0.25) is 0 Å². The summed E-state index contributed by atoms with van der Waals surface area (Å²) in [6, 6.07) is 14.7. The average Bonchev–Trinajstić information content (AvgIpc) is 3.20. The van der Waals surface area contributed by atoms with Crippen LogP contribution in [0.5, 0.6) is 11.5 Å². The number of thiocarbonyl (C=S) groups is 1. The van der Waals surface area contributed by atoms with Crippen molar-refractivity contribution in [3.8, 4) is 11.5 Å². The number of benzene rings is 2. The predicted octanol–water partition coefficient (Wildman–Crippen LogP) is 17.6. The van der Waals surface area contributed by atoms with E-state index in [0.717, 1.165) is 66.4 Å². The lowest BCUT2D eigenvalue weighted by molar-refractivity contribution is 0.284. The van der Waals surface area contributed by atoms with Gasteiger partial charge in [-0.25, -0.2) is 0 Å². The molecule has 0 atom stereocenters. The molecule has 2 aromatic rings. The number of hydrogen-bond donors (Lipinski definition) is 0. The van der Waals surface area contributed by atoms with Gasteiger partial charge in [-0.05, 0) is 48.6 Å². The molecule has 0 fully saturated rings. The van der Waals surface area contributed by atoms with E-state index in [9.17, 15) is 0 Å². The average molecular weight is 775 g/mol. The van der Waals surface area contributed by atoms with Crippen LogP contribution in [-0.4, -0.2) is 18.1 Å². The Labute approximate surface area is 347 Å². The van der Waals surface area contributed by atoms with E-state index in [2.05, 4.69) is 57.2 Å². The summed E-state index contributed by atoms with van der Waals surface area (Å²) in [5.41, 5.74) is 3.40. The molecule has 2 aromatic carbocycles. The molecule has 0 amide bonds. The number of ether oxygens (including phenoxy) is 2. The predicted molar refractivity (Wildman–Crippen MR) is 248 cm³/mol. The van der Waals surface area contributed by atoms with Crippen LogP contribution in [-0.2, 0) is 6.42 Å². The van der Waals surface area contributed by atoms with Gasteiger partial charge in [0.25, 0.3) is 0 Å². The maximum absolute atomic E-state index is 6.56. The molecule has 0 radical (unpaired) electrons. The van der Waals surface area contributed by atoms with E-state index >= 15 is 0 Å². The minimum atomic E-state index is 0.767. The first-order chi connectivity index (χ1) is 27.2. The van der Waals surface area contributed by atoms with E-state index in [4.69, 9.17) is 21.7 Å². The Bertz CT molecular complexity index is 1130. The molecule has 0 spiro atoms. The summed E-state index contributed by atoms with van der Waals surface area (Å²) in [6.45, 7) is 8.39. The van der Waals surface area contributed by atoms with Gasteiger partial charge < -0.3 is 9.47 Å². The Morgan fingerprint density at radius 1 is 0.455 bits per heavy atom. The molecule has 0 aliphatic rings. The topological polar surface area (TPSA) is 18.5 Å². The maximum Gasteiger partial charge on any atom is 0.126 e. The van der Waals surface area contributed by atoms with Gasteiger partial charge in [0.2, 0.25) is 0 Å². The zero-order chi connectivity index (χ0) is 39.3. The van der Waals surface area contributed by atoms with Crippen molar-refractivity contribution >= 4 is 23.2 Å². The fourth-order valence-corrected chi connectivity index (χ4v) is 7.88. The van der Waals surface area contributed by atoms with Gasteiger partial charge in [0.15, 0.2) is 0 Å². The van der Waals surface area contributed by atoms with Gasteiger partial charge in [0.1, 0.15) is 11.5 Å². The molecule has 2 nitrogen and oxygen atoms in total. The third-order valence-electron chi connectivity index (χ3n) is 11.2. The normalized spacial score (nSPS) is 11.5. The van der Waals surface area contributed by atoms with Crippen molar-refractivity contribution in [2.75, 3.05) is 13.2 Å². The molecule has 0 saturated heterocycles. The summed E-state index contributed by atoms with van der Waals surface area (Å²) in [7, 11) is 0. The molecular weight excluding hydrogens is 689 g/mol. The lowest BCUT2D eigenvalue weighted by atomic mass is 10.0. The smallest absolute Gasteiger partial charge is 0.126 e. The molecule has 0 aromatic heterocycles. The van der Waals surface area contributed by atoms with Crippen molar-refractivity contribution in [3.05, 3.63) is 65.2 Å². The van der Waals surface area contributed by atoms with E-state index in [0.29, 0.717) is 0 Å². The first kappa shape index (κ1) is 49.0. The molecule has 0 heterocycles. The second kappa shape index (κ2) is 36.2. The number of rotatable bonds is 39. The highest BCUT2D eigenvalue weighted by Gasteiger charge is 2.13. The van der Waals surface area contributed by atoms with Gasteiger partial charge in [-0.2, -0.15) is 0 Å². The SMILES string of the molecule is CCCCCCCCCCCCCCCCCOc1cc(C=CC(=S)c2ccccc2)cc(OCCCCCCCCCCCCCCCCC)c1CCC. The minimum Gasteiger partial charge on any atom is -0.493 e. The molecule has 0 aliphatic carbocycles. The van der Waals surface area contributed by atoms with Crippen molar-refractivity contribution in [2.45, 2.75) is 226 Å². The van der Waals surface area contributed by atoms with Crippen LogP contribution in [0.15, 0.2) is 48.5 Å². The molecule has 0 saturated carbocycles. The molecule has 0 N–H and O–H groups in total. The number of allylic oxidation sites excluding steroid dienone is 1. The highest BCUT2D eigenvalue weighted by Crippen LogP contribution is 2.33. The summed E-state index contributed by atoms with van der Waals surface area (Å²) in [5.74, 6) is 1.98. The Morgan fingerprint density at radius 2 is 0.800 bits per heavy atom. The van der Waals surface area contributed by atoms with E-state index in [1.165, 1.54) is 185 Å². The Balaban J connectivity index is 1.76. The molecule has 312 valence electrons. The molecular formula is C52H86O2S. The number of hydrogen-bond acceptors (Lipinski definition) is 3. The van der Waals surface area contributed by atoms with Gasteiger partial charge in [-0.1, -0.05) is 256 Å². The van der Waals surface area contributed by atoms with Crippen LogP contribution in [0, 0.1) is 0 Å². The number of unbranched alkanes of at least 4 members (excludes halogenated alkanes) is 28.